The molecule has 0 atom stereocenters. The van der Waals surface area contributed by atoms with Gasteiger partial charge >= 0.3 is 5.97 Å². The van der Waals surface area contributed by atoms with Crippen LogP contribution in [-0.4, -0.2) is 32.9 Å². The van der Waals surface area contributed by atoms with Crippen molar-refractivity contribution in [2.45, 2.75) is 13.3 Å². The molecule has 0 fully saturated rings. The van der Waals surface area contributed by atoms with E-state index in [1.54, 1.807) is 31.4 Å². The van der Waals surface area contributed by atoms with Gasteiger partial charge < -0.3 is 24.3 Å². The molecule has 8 heteroatoms. The Bertz CT molecular complexity index is 1140. The predicted molar refractivity (Wildman–Crippen MR) is 117 cm³/mol. The van der Waals surface area contributed by atoms with Crippen molar-refractivity contribution in [3.63, 3.8) is 0 Å². The highest BCUT2D eigenvalue weighted by Gasteiger charge is 2.24. The van der Waals surface area contributed by atoms with Gasteiger partial charge in [-0.1, -0.05) is 6.07 Å². The van der Waals surface area contributed by atoms with E-state index in [0.29, 0.717) is 39.8 Å². The molecule has 4 rings (SSSR count). The van der Waals surface area contributed by atoms with Gasteiger partial charge in [-0.2, -0.15) is 0 Å². The van der Waals surface area contributed by atoms with Gasteiger partial charge in [-0.05, 0) is 54.4 Å². The third-order valence-corrected chi connectivity index (χ3v) is 6.22. The standard InChI is InChI=1S/C23H21NO6S/c1-13-19(11-14-4-9-17-18(10-14)30-12-29-17)31-22(20(13)23(26)28-3)24-21(25)15-5-7-16(27-2)8-6-15/h4-10H,11-12H2,1-3H3,(H,24,25). The minimum absolute atomic E-state index is 0.213. The Labute approximate surface area is 183 Å². The molecule has 1 aromatic heterocycles. The van der Waals surface area contributed by atoms with Crippen LogP contribution in [0, 0.1) is 6.92 Å². The molecule has 160 valence electrons. The van der Waals surface area contributed by atoms with Crippen LogP contribution in [0.4, 0.5) is 5.00 Å². The number of methoxy groups -OCH3 is 2. The van der Waals surface area contributed by atoms with Crippen molar-refractivity contribution in [3.05, 3.63) is 69.6 Å². The predicted octanol–water partition coefficient (Wildman–Crippen LogP) is 4.42. The molecule has 3 aromatic rings. The molecule has 1 amide bonds. The van der Waals surface area contributed by atoms with E-state index in [1.165, 1.54) is 18.4 Å². The number of nitrogens with one attached hydrogen (secondary N) is 1. The summed E-state index contributed by atoms with van der Waals surface area (Å²) in [7, 11) is 2.89. The summed E-state index contributed by atoms with van der Waals surface area (Å²) < 4.78 is 20.9. The number of hydrogen-bond donors (Lipinski definition) is 1. The molecule has 0 spiro atoms. The number of hydrogen-bond acceptors (Lipinski definition) is 7. The Morgan fingerprint density at radius 1 is 1.06 bits per heavy atom. The number of ether oxygens (including phenoxy) is 4. The first-order valence-electron chi connectivity index (χ1n) is 9.54. The molecule has 1 N–H and O–H groups in total. The summed E-state index contributed by atoms with van der Waals surface area (Å²) in [4.78, 5) is 26.2. The first kappa shape index (κ1) is 20.7. The van der Waals surface area contributed by atoms with Crippen LogP contribution in [0.1, 0.15) is 36.7 Å². The van der Waals surface area contributed by atoms with Crippen molar-refractivity contribution in [1.82, 2.24) is 0 Å². The van der Waals surface area contributed by atoms with Crippen molar-refractivity contribution in [1.29, 1.82) is 0 Å². The molecule has 1 aliphatic rings. The van der Waals surface area contributed by atoms with Crippen LogP contribution in [0.5, 0.6) is 17.2 Å². The molecule has 0 unspecified atom stereocenters. The number of amides is 1. The lowest BCUT2D eigenvalue weighted by Crippen LogP contribution is -2.14. The van der Waals surface area contributed by atoms with Crippen LogP contribution in [0.2, 0.25) is 0 Å². The van der Waals surface area contributed by atoms with Gasteiger partial charge in [-0.15, -0.1) is 11.3 Å². The number of benzene rings is 2. The normalized spacial score (nSPS) is 11.8. The molecule has 0 aliphatic carbocycles. The molecule has 0 radical (unpaired) electrons. The van der Waals surface area contributed by atoms with Crippen LogP contribution in [0.3, 0.4) is 0 Å². The van der Waals surface area contributed by atoms with Crippen LogP contribution in [0.15, 0.2) is 42.5 Å². The van der Waals surface area contributed by atoms with Crippen LogP contribution >= 0.6 is 11.3 Å². The Morgan fingerprint density at radius 2 is 1.81 bits per heavy atom. The highest BCUT2D eigenvalue weighted by atomic mass is 32.1. The van der Waals surface area contributed by atoms with E-state index in [2.05, 4.69) is 5.32 Å². The second-order valence-corrected chi connectivity index (χ2v) is 8.00. The molecule has 1 aliphatic heterocycles. The molecule has 2 heterocycles. The lowest BCUT2D eigenvalue weighted by Gasteiger charge is -2.07. The van der Waals surface area contributed by atoms with Crippen LogP contribution in [0.25, 0.3) is 0 Å². The first-order valence-corrected chi connectivity index (χ1v) is 10.4. The van der Waals surface area contributed by atoms with Crippen molar-refractivity contribution in [2.24, 2.45) is 0 Å². The first-order chi connectivity index (χ1) is 15.0. The van der Waals surface area contributed by atoms with E-state index >= 15 is 0 Å². The minimum atomic E-state index is -0.490. The molecule has 7 nitrogen and oxygen atoms in total. The fraction of sp³-hybridized carbons (Fsp3) is 0.217. The topological polar surface area (TPSA) is 83.1 Å². The Kier molecular flexibility index (Phi) is 5.81. The molecule has 0 saturated carbocycles. The van der Waals surface area contributed by atoms with Crippen molar-refractivity contribution in [3.8, 4) is 17.2 Å². The number of fused-ring (bicyclic) bond motifs is 1. The number of anilines is 1. The van der Waals surface area contributed by atoms with Gasteiger partial charge in [0.15, 0.2) is 11.5 Å². The fourth-order valence-corrected chi connectivity index (χ4v) is 4.54. The van der Waals surface area contributed by atoms with Gasteiger partial charge in [-0.3, -0.25) is 4.79 Å². The number of rotatable bonds is 6. The molecule has 0 bridgehead atoms. The fourth-order valence-electron chi connectivity index (χ4n) is 3.32. The molecular weight excluding hydrogens is 418 g/mol. The van der Waals surface area contributed by atoms with Crippen molar-refractivity contribution < 1.29 is 28.5 Å². The van der Waals surface area contributed by atoms with Crippen LogP contribution < -0.4 is 19.5 Å². The Morgan fingerprint density at radius 3 is 2.52 bits per heavy atom. The lowest BCUT2D eigenvalue weighted by atomic mass is 10.1. The monoisotopic (exact) mass is 439 g/mol. The summed E-state index contributed by atoms with van der Waals surface area (Å²) in [6.45, 7) is 2.07. The van der Waals surface area contributed by atoms with E-state index in [9.17, 15) is 9.59 Å². The van der Waals surface area contributed by atoms with E-state index in [0.717, 1.165) is 16.0 Å². The Hall–Kier alpha value is -3.52. The zero-order valence-corrected chi connectivity index (χ0v) is 18.1. The summed E-state index contributed by atoms with van der Waals surface area (Å²) in [6.07, 6.45) is 0.579. The summed E-state index contributed by atoms with van der Waals surface area (Å²) >= 11 is 1.36. The zero-order chi connectivity index (χ0) is 22.0. The van der Waals surface area contributed by atoms with Crippen LogP contribution in [-0.2, 0) is 11.2 Å². The van der Waals surface area contributed by atoms with Gasteiger partial charge in [0.2, 0.25) is 6.79 Å². The van der Waals surface area contributed by atoms with E-state index < -0.39 is 5.97 Å². The highest BCUT2D eigenvalue weighted by Crippen LogP contribution is 2.38. The number of thiophene rings is 1. The molecule has 31 heavy (non-hydrogen) atoms. The van der Waals surface area contributed by atoms with Crippen molar-refractivity contribution in [2.75, 3.05) is 26.3 Å². The van der Waals surface area contributed by atoms with E-state index in [1.807, 2.05) is 25.1 Å². The maximum atomic E-state index is 12.8. The Balaban J connectivity index is 1.62. The number of esters is 1. The maximum absolute atomic E-state index is 12.8. The molecule has 0 saturated heterocycles. The van der Waals surface area contributed by atoms with E-state index in [-0.39, 0.29) is 12.7 Å². The van der Waals surface area contributed by atoms with Crippen molar-refractivity contribution >= 4 is 28.2 Å². The van der Waals surface area contributed by atoms with E-state index in [4.69, 9.17) is 18.9 Å². The molecule has 2 aromatic carbocycles. The van der Waals surface area contributed by atoms with Gasteiger partial charge in [0.25, 0.3) is 5.91 Å². The van der Waals surface area contributed by atoms with Gasteiger partial charge in [-0.25, -0.2) is 4.79 Å². The molecular formula is C23H21NO6S. The SMILES string of the molecule is COC(=O)c1c(NC(=O)c2ccc(OC)cc2)sc(Cc2ccc3c(c2)OCO3)c1C. The zero-order valence-electron chi connectivity index (χ0n) is 17.3. The number of carbonyl (C=O) groups excluding carboxylic acids is 2. The second kappa shape index (κ2) is 8.69. The van der Waals surface area contributed by atoms with Gasteiger partial charge in [0, 0.05) is 16.9 Å². The second-order valence-electron chi connectivity index (χ2n) is 6.89. The maximum Gasteiger partial charge on any atom is 0.341 e. The summed E-state index contributed by atoms with van der Waals surface area (Å²) in [5, 5.41) is 3.32. The average molecular weight is 439 g/mol. The largest absolute Gasteiger partial charge is 0.497 e. The summed E-state index contributed by atoms with van der Waals surface area (Å²) in [5.41, 5.74) is 2.61. The summed E-state index contributed by atoms with van der Waals surface area (Å²) in [6, 6.07) is 12.5. The highest BCUT2D eigenvalue weighted by molar-refractivity contribution is 7.17. The summed E-state index contributed by atoms with van der Waals surface area (Å²) in [5.74, 6) is 1.27. The average Bonchev–Trinajstić information content (AvgIpc) is 3.37. The third kappa shape index (κ3) is 4.20. The lowest BCUT2D eigenvalue weighted by molar-refractivity contribution is 0.0601. The smallest absolute Gasteiger partial charge is 0.341 e. The third-order valence-electron chi connectivity index (χ3n) is 5.02. The quantitative estimate of drug-likeness (QED) is 0.573. The minimum Gasteiger partial charge on any atom is -0.497 e. The van der Waals surface area contributed by atoms with Gasteiger partial charge in [0.1, 0.15) is 10.8 Å². The van der Waals surface area contributed by atoms with Gasteiger partial charge in [0.05, 0.1) is 19.8 Å². The number of carbonyl (C=O) groups is 2.